The zero-order chi connectivity index (χ0) is 18.1. The van der Waals surface area contributed by atoms with E-state index in [1.807, 2.05) is 31.3 Å². The molecule has 0 aliphatic rings. The third-order valence-electron chi connectivity index (χ3n) is 4.01. The minimum atomic E-state index is 0. The molecule has 0 heterocycles. The maximum Gasteiger partial charge on any atom is 0.193 e. The van der Waals surface area contributed by atoms with Gasteiger partial charge < -0.3 is 19.7 Å². The van der Waals surface area contributed by atoms with E-state index >= 15 is 0 Å². The van der Waals surface area contributed by atoms with Crippen LogP contribution in [0, 0.1) is 0 Å². The van der Waals surface area contributed by atoms with Crippen LogP contribution in [0.2, 0.25) is 0 Å². The number of rotatable bonds is 7. The maximum atomic E-state index is 5.47. The van der Waals surface area contributed by atoms with Gasteiger partial charge in [0.25, 0.3) is 0 Å². The maximum absolute atomic E-state index is 5.47. The van der Waals surface area contributed by atoms with Crippen molar-refractivity contribution in [1.82, 2.24) is 10.2 Å². The summed E-state index contributed by atoms with van der Waals surface area (Å²) in [5, 5.41) is 3.41. The molecule has 0 aliphatic heterocycles. The Kier molecular flexibility index (Phi) is 9.87. The molecular weight excluding hydrogens is 441 g/mol. The summed E-state index contributed by atoms with van der Waals surface area (Å²) >= 11 is 0. The second-order valence-electron chi connectivity index (χ2n) is 5.74. The summed E-state index contributed by atoms with van der Waals surface area (Å²) in [5.74, 6) is 2.45. The molecule has 0 radical (unpaired) electrons. The predicted molar refractivity (Wildman–Crippen MR) is 118 cm³/mol. The first kappa shape index (κ1) is 22.1. The van der Waals surface area contributed by atoms with E-state index in [0.29, 0.717) is 6.54 Å². The third-order valence-corrected chi connectivity index (χ3v) is 4.01. The van der Waals surface area contributed by atoms with E-state index in [4.69, 9.17) is 9.47 Å². The number of hydrogen-bond acceptors (Lipinski definition) is 3. The Morgan fingerprint density at radius 2 is 1.81 bits per heavy atom. The lowest BCUT2D eigenvalue weighted by atomic mass is 10.1. The Morgan fingerprint density at radius 1 is 1.08 bits per heavy atom. The molecule has 0 spiro atoms. The van der Waals surface area contributed by atoms with Crippen molar-refractivity contribution in [2.24, 2.45) is 4.99 Å². The van der Waals surface area contributed by atoms with Gasteiger partial charge in [0.1, 0.15) is 11.5 Å². The first-order valence-electron chi connectivity index (χ1n) is 8.34. The number of hydrogen-bond donors (Lipinski definition) is 1. The van der Waals surface area contributed by atoms with Crippen molar-refractivity contribution in [3.8, 4) is 11.5 Å². The molecular formula is C20H28IN3O2. The Balaban J connectivity index is 0.00000338. The van der Waals surface area contributed by atoms with Gasteiger partial charge in [0.2, 0.25) is 0 Å². The summed E-state index contributed by atoms with van der Waals surface area (Å²) in [4.78, 5) is 6.45. The van der Waals surface area contributed by atoms with E-state index in [9.17, 15) is 0 Å². The van der Waals surface area contributed by atoms with Gasteiger partial charge in [-0.3, -0.25) is 4.99 Å². The van der Waals surface area contributed by atoms with Crippen LogP contribution in [0.3, 0.4) is 0 Å². The van der Waals surface area contributed by atoms with Crippen molar-refractivity contribution in [3.63, 3.8) is 0 Å². The average Bonchev–Trinajstić information content (AvgIpc) is 2.66. The quantitative estimate of drug-likeness (QED) is 0.383. The molecule has 0 saturated heterocycles. The standard InChI is InChI=1S/C20H27N3O2.HI/c1-21-20(22-13-12-16-8-6-5-7-9-16)23(2)15-17-10-11-18(24-3)14-19(17)25-4;/h5-11,14H,12-13,15H2,1-4H3,(H,21,22);1H. The van der Waals surface area contributed by atoms with Crippen LogP contribution < -0.4 is 14.8 Å². The second kappa shape index (κ2) is 11.6. The van der Waals surface area contributed by atoms with Crippen LogP contribution in [0.15, 0.2) is 53.5 Å². The van der Waals surface area contributed by atoms with Crippen molar-refractivity contribution in [2.75, 3.05) is 34.9 Å². The largest absolute Gasteiger partial charge is 0.497 e. The number of methoxy groups -OCH3 is 2. The lowest BCUT2D eigenvalue weighted by Crippen LogP contribution is -2.39. The van der Waals surface area contributed by atoms with Gasteiger partial charge in [-0.15, -0.1) is 24.0 Å². The van der Waals surface area contributed by atoms with Crippen LogP contribution in [-0.4, -0.2) is 45.7 Å². The summed E-state index contributed by atoms with van der Waals surface area (Å²) in [5.41, 5.74) is 2.39. The number of nitrogens with one attached hydrogen (secondary N) is 1. The van der Waals surface area contributed by atoms with Crippen LogP contribution in [0.1, 0.15) is 11.1 Å². The van der Waals surface area contributed by atoms with Gasteiger partial charge in [-0.05, 0) is 24.1 Å². The van der Waals surface area contributed by atoms with Crippen LogP contribution in [0.5, 0.6) is 11.5 Å². The number of halogens is 1. The Bertz CT molecular complexity index is 693. The van der Waals surface area contributed by atoms with Gasteiger partial charge in [0, 0.05) is 38.8 Å². The minimum Gasteiger partial charge on any atom is -0.497 e. The van der Waals surface area contributed by atoms with Gasteiger partial charge in [-0.25, -0.2) is 0 Å². The van der Waals surface area contributed by atoms with Crippen molar-refractivity contribution in [2.45, 2.75) is 13.0 Å². The molecule has 2 aromatic carbocycles. The lowest BCUT2D eigenvalue weighted by molar-refractivity contribution is 0.382. The molecule has 0 atom stereocenters. The Morgan fingerprint density at radius 3 is 2.42 bits per heavy atom. The molecule has 1 N–H and O–H groups in total. The number of ether oxygens (including phenoxy) is 2. The molecule has 0 fully saturated rings. The molecule has 0 aromatic heterocycles. The molecule has 0 saturated carbocycles. The SMILES string of the molecule is CN=C(NCCc1ccccc1)N(C)Cc1ccc(OC)cc1OC.I. The van der Waals surface area contributed by atoms with Crippen molar-refractivity contribution in [1.29, 1.82) is 0 Å². The number of benzene rings is 2. The smallest absolute Gasteiger partial charge is 0.193 e. The van der Waals surface area contributed by atoms with Crippen molar-refractivity contribution < 1.29 is 9.47 Å². The highest BCUT2D eigenvalue weighted by Crippen LogP contribution is 2.25. The molecule has 0 amide bonds. The van der Waals surface area contributed by atoms with Gasteiger partial charge in [-0.1, -0.05) is 30.3 Å². The summed E-state index contributed by atoms with van der Waals surface area (Å²) in [7, 11) is 7.14. The van der Waals surface area contributed by atoms with Gasteiger partial charge >= 0.3 is 0 Å². The summed E-state index contributed by atoms with van der Waals surface area (Å²) in [6, 6.07) is 16.3. The van der Waals surface area contributed by atoms with Gasteiger partial charge in [-0.2, -0.15) is 0 Å². The van der Waals surface area contributed by atoms with E-state index in [1.54, 1.807) is 21.3 Å². The first-order chi connectivity index (χ1) is 12.2. The average molecular weight is 469 g/mol. The zero-order valence-electron chi connectivity index (χ0n) is 15.9. The minimum absolute atomic E-state index is 0. The molecule has 5 nitrogen and oxygen atoms in total. The molecule has 6 heteroatoms. The number of guanidine groups is 1. The molecule has 2 rings (SSSR count). The number of nitrogens with zero attached hydrogens (tertiary/aromatic N) is 2. The molecule has 2 aromatic rings. The van der Waals surface area contributed by atoms with E-state index in [2.05, 4.69) is 39.5 Å². The lowest BCUT2D eigenvalue weighted by Gasteiger charge is -2.23. The fourth-order valence-electron chi connectivity index (χ4n) is 2.66. The highest BCUT2D eigenvalue weighted by Gasteiger charge is 2.11. The van der Waals surface area contributed by atoms with Crippen molar-refractivity contribution in [3.05, 3.63) is 59.7 Å². The molecule has 0 bridgehead atoms. The number of aliphatic imine (C=N–C) groups is 1. The fraction of sp³-hybridized carbons (Fsp3) is 0.350. The Labute approximate surface area is 173 Å². The first-order valence-corrected chi connectivity index (χ1v) is 8.34. The van der Waals surface area contributed by atoms with E-state index < -0.39 is 0 Å². The second-order valence-corrected chi connectivity index (χ2v) is 5.74. The van der Waals surface area contributed by atoms with Crippen LogP contribution >= 0.6 is 24.0 Å². The predicted octanol–water partition coefficient (Wildman–Crippen LogP) is 3.57. The monoisotopic (exact) mass is 469 g/mol. The molecule has 142 valence electrons. The topological polar surface area (TPSA) is 46.1 Å². The molecule has 26 heavy (non-hydrogen) atoms. The molecule has 0 aliphatic carbocycles. The van der Waals surface area contributed by atoms with E-state index in [1.165, 1.54) is 5.56 Å². The van der Waals surface area contributed by atoms with E-state index in [0.717, 1.165) is 36.0 Å². The summed E-state index contributed by atoms with van der Waals surface area (Å²) < 4.78 is 10.7. The molecule has 0 unspecified atom stereocenters. The Hall–Kier alpha value is -1.96. The van der Waals surface area contributed by atoms with Gasteiger partial charge in [0.05, 0.1) is 14.2 Å². The normalized spacial score (nSPS) is 10.7. The summed E-state index contributed by atoms with van der Waals surface area (Å²) in [6.45, 7) is 1.53. The van der Waals surface area contributed by atoms with Crippen LogP contribution in [-0.2, 0) is 13.0 Å². The highest BCUT2D eigenvalue weighted by molar-refractivity contribution is 14.0. The highest BCUT2D eigenvalue weighted by atomic mass is 127. The summed E-state index contributed by atoms with van der Waals surface area (Å²) in [6.07, 6.45) is 0.958. The van der Waals surface area contributed by atoms with Crippen LogP contribution in [0.25, 0.3) is 0 Å². The van der Waals surface area contributed by atoms with Gasteiger partial charge in [0.15, 0.2) is 5.96 Å². The zero-order valence-corrected chi connectivity index (χ0v) is 18.2. The fourth-order valence-corrected chi connectivity index (χ4v) is 2.66. The van der Waals surface area contributed by atoms with Crippen LogP contribution in [0.4, 0.5) is 0 Å². The third kappa shape index (κ3) is 6.40. The van der Waals surface area contributed by atoms with E-state index in [-0.39, 0.29) is 24.0 Å². The van der Waals surface area contributed by atoms with Crippen molar-refractivity contribution >= 4 is 29.9 Å².